The van der Waals surface area contributed by atoms with Crippen molar-refractivity contribution in [3.05, 3.63) is 52.8 Å². The van der Waals surface area contributed by atoms with Gasteiger partial charge in [0.15, 0.2) is 5.78 Å². The maximum absolute atomic E-state index is 12.6. The molecular weight excluding hydrogens is 272 g/mol. The van der Waals surface area contributed by atoms with Gasteiger partial charge in [0.05, 0.1) is 6.54 Å². The van der Waals surface area contributed by atoms with E-state index in [0.29, 0.717) is 12.6 Å². The Hall–Kier alpha value is -2.03. The highest BCUT2D eigenvalue weighted by Crippen LogP contribution is 2.38. The molecule has 1 heterocycles. The second-order valence-electron chi connectivity index (χ2n) is 6.17. The molecule has 0 bridgehead atoms. The Balaban J connectivity index is 1.74. The molecule has 1 aliphatic carbocycles. The number of carbonyl (C=O) groups excluding carboxylic acids is 1. The number of Topliss-reactive ketones (excluding diaryl/α,β-unsaturated/α-hetero) is 1. The van der Waals surface area contributed by atoms with Gasteiger partial charge in [0.25, 0.3) is 0 Å². The number of ketones is 1. The van der Waals surface area contributed by atoms with Crippen molar-refractivity contribution in [2.45, 2.75) is 46.1 Å². The molecule has 1 aromatic carbocycles. The van der Waals surface area contributed by atoms with Crippen LogP contribution in [-0.4, -0.2) is 16.9 Å². The highest BCUT2D eigenvalue weighted by molar-refractivity contribution is 6.00. The average Bonchev–Trinajstić information content (AvgIpc) is 3.30. The molecule has 1 N–H and O–H groups in total. The van der Waals surface area contributed by atoms with E-state index in [1.54, 1.807) is 0 Å². The highest BCUT2D eigenvalue weighted by atomic mass is 16.1. The van der Waals surface area contributed by atoms with E-state index >= 15 is 0 Å². The van der Waals surface area contributed by atoms with Crippen molar-refractivity contribution < 1.29 is 4.79 Å². The Morgan fingerprint density at radius 2 is 2.00 bits per heavy atom. The minimum Gasteiger partial charge on any atom is -0.377 e. The lowest BCUT2D eigenvalue weighted by Crippen LogP contribution is -2.15. The summed E-state index contributed by atoms with van der Waals surface area (Å²) in [7, 11) is 0. The van der Waals surface area contributed by atoms with Gasteiger partial charge in [-0.15, -0.1) is 0 Å². The number of aryl methyl sites for hydroxylation is 2. The second-order valence-corrected chi connectivity index (χ2v) is 6.17. The molecular formula is C19H24N2O. The summed E-state index contributed by atoms with van der Waals surface area (Å²) in [5.74, 6) is 0.172. The van der Waals surface area contributed by atoms with Crippen molar-refractivity contribution in [2.24, 2.45) is 0 Å². The SMILES string of the molecule is CCc1ccccc1NCC(=O)c1cc(C)n(C2CC2)c1C. The molecule has 0 spiro atoms. The fourth-order valence-corrected chi connectivity index (χ4v) is 3.23. The van der Waals surface area contributed by atoms with Crippen molar-refractivity contribution in [2.75, 3.05) is 11.9 Å². The number of benzene rings is 1. The number of hydrogen-bond donors (Lipinski definition) is 1. The average molecular weight is 296 g/mol. The van der Waals surface area contributed by atoms with E-state index in [2.05, 4.69) is 36.7 Å². The van der Waals surface area contributed by atoms with Crippen LogP contribution < -0.4 is 5.32 Å². The Morgan fingerprint density at radius 3 is 2.68 bits per heavy atom. The van der Waals surface area contributed by atoms with Gasteiger partial charge in [0.2, 0.25) is 0 Å². The maximum atomic E-state index is 12.6. The van der Waals surface area contributed by atoms with Crippen LogP contribution in [-0.2, 0) is 6.42 Å². The minimum absolute atomic E-state index is 0.172. The Morgan fingerprint density at radius 1 is 1.27 bits per heavy atom. The fourth-order valence-electron chi connectivity index (χ4n) is 3.23. The van der Waals surface area contributed by atoms with Gasteiger partial charge in [-0.1, -0.05) is 25.1 Å². The highest BCUT2D eigenvalue weighted by Gasteiger charge is 2.28. The van der Waals surface area contributed by atoms with E-state index in [-0.39, 0.29) is 5.78 Å². The van der Waals surface area contributed by atoms with Gasteiger partial charge in [-0.2, -0.15) is 0 Å². The maximum Gasteiger partial charge on any atom is 0.183 e. The molecule has 0 aliphatic heterocycles. The van der Waals surface area contributed by atoms with Gasteiger partial charge in [-0.25, -0.2) is 0 Å². The van der Waals surface area contributed by atoms with Gasteiger partial charge in [0.1, 0.15) is 0 Å². The number of anilines is 1. The molecule has 0 radical (unpaired) electrons. The molecule has 1 aromatic heterocycles. The Bertz CT molecular complexity index is 695. The third kappa shape index (κ3) is 2.80. The van der Waals surface area contributed by atoms with E-state index in [1.165, 1.54) is 24.1 Å². The van der Waals surface area contributed by atoms with Crippen LogP contribution in [0.1, 0.15) is 53.1 Å². The van der Waals surface area contributed by atoms with Crippen LogP contribution in [0.4, 0.5) is 5.69 Å². The number of carbonyl (C=O) groups is 1. The van der Waals surface area contributed by atoms with Crippen LogP contribution in [0.5, 0.6) is 0 Å². The molecule has 1 saturated carbocycles. The fraction of sp³-hybridized carbons (Fsp3) is 0.421. The first kappa shape index (κ1) is 14.9. The summed E-state index contributed by atoms with van der Waals surface area (Å²) in [6.45, 7) is 6.65. The second kappa shape index (κ2) is 5.99. The Kier molecular flexibility index (Phi) is 4.06. The summed E-state index contributed by atoms with van der Waals surface area (Å²) in [4.78, 5) is 12.6. The zero-order chi connectivity index (χ0) is 15.7. The molecule has 0 amide bonds. The number of nitrogens with zero attached hydrogens (tertiary/aromatic N) is 1. The lowest BCUT2D eigenvalue weighted by Gasteiger charge is -2.11. The standard InChI is InChI=1S/C19H24N2O/c1-4-15-7-5-6-8-18(15)20-12-19(22)17-11-13(2)21(14(17)3)16-9-10-16/h5-8,11,16,20H,4,9-10,12H2,1-3H3. The molecule has 1 aliphatic rings. The molecule has 0 atom stereocenters. The van der Waals surface area contributed by atoms with Gasteiger partial charge in [-0.05, 0) is 50.8 Å². The third-order valence-electron chi connectivity index (χ3n) is 4.53. The predicted octanol–water partition coefficient (Wildman–Crippen LogP) is 4.30. The number of rotatable bonds is 6. The lowest BCUT2D eigenvalue weighted by atomic mass is 10.1. The molecule has 3 nitrogen and oxygen atoms in total. The third-order valence-corrected chi connectivity index (χ3v) is 4.53. The summed E-state index contributed by atoms with van der Waals surface area (Å²) >= 11 is 0. The number of para-hydroxylation sites is 1. The number of hydrogen-bond acceptors (Lipinski definition) is 2. The van der Waals surface area contributed by atoms with Crippen molar-refractivity contribution in [1.29, 1.82) is 0 Å². The van der Waals surface area contributed by atoms with Crippen molar-refractivity contribution in [3.8, 4) is 0 Å². The molecule has 0 saturated heterocycles. The Labute approximate surface area is 132 Å². The van der Waals surface area contributed by atoms with Crippen LogP contribution in [0.2, 0.25) is 0 Å². The van der Waals surface area contributed by atoms with Crippen LogP contribution in [0.15, 0.2) is 30.3 Å². The molecule has 2 aromatic rings. The molecule has 0 unspecified atom stereocenters. The normalized spacial score (nSPS) is 14.1. The van der Waals surface area contributed by atoms with Gasteiger partial charge >= 0.3 is 0 Å². The lowest BCUT2D eigenvalue weighted by molar-refractivity contribution is 0.101. The smallest absolute Gasteiger partial charge is 0.183 e. The number of aromatic nitrogens is 1. The van der Waals surface area contributed by atoms with Gasteiger partial charge in [-0.3, -0.25) is 4.79 Å². The predicted molar refractivity (Wildman–Crippen MR) is 90.8 cm³/mol. The molecule has 3 heteroatoms. The number of nitrogens with one attached hydrogen (secondary N) is 1. The van der Waals surface area contributed by atoms with Crippen LogP contribution >= 0.6 is 0 Å². The molecule has 1 fully saturated rings. The van der Waals surface area contributed by atoms with Crippen molar-refractivity contribution in [1.82, 2.24) is 4.57 Å². The first-order chi connectivity index (χ1) is 10.6. The van der Waals surface area contributed by atoms with Crippen LogP contribution in [0, 0.1) is 13.8 Å². The molecule has 3 rings (SSSR count). The van der Waals surface area contributed by atoms with E-state index in [4.69, 9.17) is 0 Å². The van der Waals surface area contributed by atoms with E-state index < -0.39 is 0 Å². The first-order valence-electron chi connectivity index (χ1n) is 8.15. The monoisotopic (exact) mass is 296 g/mol. The topological polar surface area (TPSA) is 34.0 Å². The van der Waals surface area contributed by atoms with Gasteiger partial charge < -0.3 is 9.88 Å². The minimum atomic E-state index is 0.172. The van der Waals surface area contributed by atoms with E-state index in [0.717, 1.165) is 23.4 Å². The van der Waals surface area contributed by atoms with Crippen molar-refractivity contribution in [3.63, 3.8) is 0 Å². The van der Waals surface area contributed by atoms with Crippen LogP contribution in [0.3, 0.4) is 0 Å². The van der Waals surface area contributed by atoms with E-state index in [1.807, 2.05) is 24.3 Å². The summed E-state index contributed by atoms with van der Waals surface area (Å²) in [6.07, 6.45) is 3.45. The first-order valence-corrected chi connectivity index (χ1v) is 8.15. The zero-order valence-electron chi connectivity index (χ0n) is 13.6. The summed E-state index contributed by atoms with van der Waals surface area (Å²) in [6, 6.07) is 10.9. The quantitative estimate of drug-likeness (QED) is 0.807. The van der Waals surface area contributed by atoms with Crippen molar-refractivity contribution >= 4 is 11.5 Å². The summed E-state index contributed by atoms with van der Waals surface area (Å²) in [5, 5.41) is 3.30. The zero-order valence-corrected chi connectivity index (χ0v) is 13.6. The summed E-state index contributed by atoms with van der Waals surface area (Å²) < 4.78 is 2.33. The molecule has 116 valence electrons. The largest absolute Gasteiger partial charge is 0.377 e. The van der Waals surface area contributed by atoms with Gasteiger partial charge in [0, 0.05) is 28.7 Å². The molecule has 22 heavy (non-hydrogen) atoms. The van der Waals surface area contributed by atoms with Crippen LogP contribution in [0.25, 0.3) is 0 Å². The van der Waals surface area contributed by atoms with E-state index in [9.17, 15) is 4.79 Å². The summed E-state index contributed by atoms with van der Waals surface area (Å²) in [5.41, 5.74) is 5.51.